The summed E-state index contributed by atoms with van der Waals surface area (Å²) in [5, 5.41) is 23.6. The first-order chi connectivity index (χ1) is 17.6. The maximum atomic E-state index is 13.7. The summed E-state index contributed by atoms with van der Waals surface area (Å²) in [6, 6.07) is 16.5. The van der Waals surface area contributed by atoms with Crippen molar-refractivity contribution in [1.29, 1.82) is 0 Å². The van der Waals surface area contributed by atoms with Gasteiger partial charge in [0.05, 0.1) is 18.6 Å². The van der Waals surface area contributed by atoms with Crippen molar-refractivity contribution in [3.63, 3.8) is 0 Å². The van der Waals surface area contributed by atoms with Gasteiger partial charge in [0.1, 0.15) is 18.0 Å². The molecular weight excluding hydrogens is 456 g/mol. The number of para-hydroxylation sites is 1. The van der Waals surface area contributed by atoms with Crippen LogP contribution >= 0.6 is 0 Å². The van der Waals surface area contributed by atoms with Gasteiger partial charge in [-0.2, -0.15) is 0 Å². The molecule has 0 spiro atoms. The van der Waals surface area contributed by atoms with Gasteiger partial charge in [0.25, 0.3) is 0 Å². The van der Waals surface area contributed by atoms with E-state index in [4.69, 9.17) is 4.74 Å². The predicted molar refractivity (Wildman–Crippen MR) is 135 cm³/mol. The average Bonchev–Trinajstić information content (AvgIpc) is 3.55. The Morgan fingerprint density at radius 3 is 2.50 bits per heavy atom. The van der Waals surface area contributed by atoms with E-state index in [9.17, 15) is 19.8 Å². The molecule has 7 heteroatoms. The number of fused-ring (bicyclic) bond motifs is 3. The summed E-state index contributed by atoms with van der Waals surface area (Å²) in [4.78, 5) is 28.7. The molecule has 5 rings (SSSR count). The molecule has 0 bridgehead atoms. The first kappa shape index (κ1) is 24.5. The van der Waals surface area contributed by atoms with Crippen LogP contribution in [0.15, 0.2) is 66.2 Å². The van der Waals surface area contributed by atoms with Crippen LogP contribution in [0.1, 0.15) is 49.1 Å². The number of ether oxygens (including phenoxy) is 1. The molecule has 1 fully saturated rings. The van der Waals surface area contributed by atoms with Crippen LogP contribution in [0.5, 0.6) is 5.75 Å². The van der Waals surface area contributed by atoms with Gasteiger partial charge in [-0.25, -0.2) is 0 Å². The van der Waals surface area contributed by atoms with E-state index < -0.39 is 24.2 Å². The predicted octanol–water partition coefficient (Wildman–Crippen LogP) is 2.92. The highest BCUT2D eigenvalue weighted by atomic mass is 16.5. The lowest BCUT2D eigenvalue weighted by Gasteiger charge is -2.41. The summed E-state index contributed by atoms with van der Waals surface area (Å²) in [5.74, 6) is 0.205. The Bertz CT molecular complexity index is 1110. The van der Waals surface area contributed by atoms with Gasteiger partial charge in [0.15, 0.2) is 0 Å². The minimum Gasteiger partial charge on any atom is -0.486 e. The number of rotatable bonds is 8. The Morgan fingerprint density at radius 1 is 1.03 bits per heavy atom. The molecule has 4 atom stereocenters. The molecule has 3 aliphatic rings. The van der Waals surface area contributed by atoms with Crippen molar-refractivity contribution in [3.05, 3.63) is 77.4 Å². The van der Waals surface area contributed by atoms with Crippen molar-refractivity contribution in [2.24, 2.45) is 5.92 Å². The lowest BCUT2D eigenvalue weighted by atomic mass is 9.77. The third-order valence-corrected chi connectivity index (χ3v) is 7.69. The van der Waals surface area contributed by atoms with Crippen molar-refractivity contribution in [2.45, 2.75) is 62.8 Å². The molecular formula is C29H34N2O5. The van der Waals surface area contributed by atoms with Gasteiger partial charge >= 0.3 is 0 Å². The average molecular weight is 491 g/mol. The van der Waals surface area contributed by atoms with Crippen molar-refractivity contribution < 1.29 is 24.5 Å². The molecule has 0 aromatic heterocycles. The summed E-state index contributed by atoms with van der Waals surface area (Å²) in [6.07, 6.45) is 4.88. The van der Waals surface area contributed by atoms with Gasteiger partial charge in [0, 0.05) is 30.6 Å². The molecule has 36 heavy (non-hydrogen) atoms. The maximum Gasteiger partial charge on any atom is 0.247 e. The Labute approximate surface area is 211 Å². The zero-order valence-electron chi connectivity index (χ0n) is 20.4. The van der Waals surface area contributed by atoms with Crippen molar-refractivity contribution in [1.82, 2.24) is 10.2 Å². The van der Waals surface area contributed by atoms with Crippen LogP contribution in [0.2, 0.25) is 0 Å². The van der Waals surface area contributed by atoms with Crippen LogP contribution < -0.4 is 10.1 Å². The second-order valence-electron chi connectivity index (χ2n) is 10.0. The quantitative estimate of drug-likeness (QED) is 0.529. The fraction of sp³-hybridized carbons (Fsp3) is 0.448. The van der Waals surface area contributed by atoms with Gasteiger partial charge in [-0.05, 0) is 36.5 Å². The Morgan fingerprint density at radius 2 is 1.75 bits per heavy atom. The number of amides is 2. The van der Waals surface area contributed by atoms with Crippen molar-refractivity contribution in [3.8, 4) is 5.75 Å². The normalized spacial score (nSPS) is 24.9. The number of benzene rings is 2. The van der Waals surface area contributed by atoms with E-state index in [2.05, 4.69) is 5.32 Å². The maximum absolute atomic E-state index is 13.7. The topological polar surface area (TPSA) is 99.1 Å². The van der Waals surface area contributed by atoms with Gasteiger partial charge < -0.3 is 25.2 Å². The number of nitrogens with one attached hydrogen (secondary N) is 1. The minimum atomic E-state index is -1.01. The van der Waals surface area contributed by atoms with Gasteiger partial charge in [0.2, 0.25) is 11.8 Å². The van der Waals surface area contributed by atoms with E-state index in [0.29, 0.717) is 30.2 Å². The van der Waals surface area contributed by atoms with E-state index in [1.165, 1.54) is 0 Å². The van der Waals surface area contributed by atoms with Crippen LogP contribution in [-0.2, 0) is 16.1 Å². The lowest BCUT2D eigenvalue weighted by molar-refractivity contribution is -0.139. The van der Waals surface area contributed by atoms with Gasteiger partial charge in [-0.3, -0.25) is 9.59 Å². The Kier molecular flexibility index (Phi) is 7.39. The first-order valence-electron chi connectivity index (χ1n) is 12.9. The zero-order valence-corrected chi connectivity index (χ0v) is 20.4. The van der Waals surface area contributed by atoms with E-state index in [1.807, 2.05) is 54.6 Å². The van der Waals surface area contributed by atoms with Crippen LogP contribution in [0.3, 0.4) is 0 Å². The number of carbonyl (C=O) groups is 2. The standard InChI is InChI=1S/C29H34N2O5/c32-15-14-30-29(35)22-17-23(27(34)28-26(22)21-12-6-7-13-24(21)36-28)31(18-20-10-2-1-3-11-20)25(33)16-19-8-4-5-9-19/h1-3,6-7,10-13,17,19,23,26-28,32,34H,4-5,8-9,14-16,18H2,(H,30,35)/t23-,26+,27+,28+/m1/s1. The molecule has 1 aliphatic heterocycles. The second-order valence-corrected chi connectivity index (χ2v) is 10.0. The molecule has 1 saturated carbocycles. The summed E-state index contributed by atoms with van der Waals surface area (Å²) >= 11 is 0. The molecule has 2 aliphatic carbocycles. The van der Waals surface area contributed by atoms with E-state index in [0.717, 1.165) is 36.8 Å². The molecule has 190 valence electrons. The van der Waals surface area contributed by atoms with E-state index in [1.54, 1.807) is 11.0 Å². The lowest BCUT2D eigenvalue weighted by Crippen LogP contribution is -2.55. The molecule has 0 saturated heterocycles. The molecule has 2 aromatic carbocycles. The SMILES string of the molecule is O=C(NCCO)C1=C[C@@H](N(Cc2ccccc2)C(=O)CC2CCCC2)[C@H](O)[C@H]2Oc3ccccc3[C@@H]12. The number of nitrogens with zero attached hydrogens (tertiary/aromatic N) is 1. The summed E-state index contributed by atoms with van der Waals surface area (Å²) < 4.78 is 6.19. The van der Waals surface area contributed by atoms with E-state index in [-0.39, 0.29) is 25.0 Å². The summed E-state index contributed by atoms with van der Waals surface area (Å²) in [7, 11) is 0. The highest BCUT2D eigenvalue weighted by molar-refractivity contribution is 5.96. The molecule has 1 heterocycles. The summed E-state index contributed by atoms with van der Waals surface area (Å²) in [6.45, 7) is 0.282. The monoisotopic (exact) mass is 490 g/mol. The fourth-order valence-electron chi connectivity index (χ4n) is 5.91. The Balaban J connectivity index is 1.52. The third kappa shape index (κ3) is 4.90. The van der Waals surface area contributed by atoms with E-state index >= 15 is 0 Å². The second kappa shape index (κ2) is 10.8. The van der Waals surface area contributed by atoms with Crippen LogP contribution in [-0.4, -0.2) is 58.3 Å². The molecule has 7 nitrogen and oxygen atoms in total. The number of aliphatic hydroxyl groups is 2. The fourth-order valence-corrected chi connectivity index (χ4v) is 5.91. The van der Waals surface area contributed by atoms with Crippen LogP contribution in [0.4, 0.5) is 0 Å². The van der Waals surface area contributed by atoms with Crippen LogP contribution in [0.25, 0.3) is 0 Å². The largest absolute Gasteiger partial charge is 0.486 e. The Hall–Kier alpha value is -3.16. The number of hydrogen-bond acceptors (Lipinski definition) is 5. The molecule has 2 aromatic rings. The smallest absolute Gasteiger partial charge is 0.247 e. The highest BCUT2D eigenvalue weighted by Crippen LogP contribution is 2.47. The van der Waals surface area contributed by atoms with Gasteiger partial charge in [-0.15, -0.1) is 0 Å². The van der Waals surface area contributed by atoms with Crippen LogP contribution in [0, 0.1) is 5.92 Å². The van der Waals surface area contributed by atoms with Gasteiger partial charge in [-0.1, -0.05) is 61.4 Å². The third-order valence-electron chi connectivity index (χ3n) is 7.69. The first-order valence-corrected chi connectivity index (χ1v) is 12.9. The molecule has 0 unspecified atom stereocenters. The molecule has 2 amide bonds. The highest BCUT2D eigenvalue weighted by Gasteiger charge is 2.50. The number of aliphatic hydroxyl groups excluding tert-OH is 2. The number of carbonyl (C=O) groups excluding carboxylic acids is 2. The zero-order chi connectivity index (χ0) is 25.1. The van der Waals surface area contributed by atoms with Crippen molar-refractivity contribution in [2.75, 3.05) is 13.2 Å². The minimum absolute atomic E-state index is 0.0184. The van der Waals surface area contributed by atoms with Crippen molar-refractivity contribution >= 4 is 11.8 Å². The number of hydrogen-bond donors (Lipinski definition) is 3. The summed E-state index contributed by atoms with van der Waals surface area (Å²) in [5.41, 5.74) is 2.26. The molecule has 3 N–H and O–H groups in total. The molecule has 0 radical (unpaired) electrons.